The molecule has 0 radical (unpaired) electrons. The molecule has 3 unspecified atom stereocenters. The molecule has 0 aliphatic rings. The molecule has 0 aliphatic heterocycles. The summed E-state index contributed by atoms with van der Waals surface area (Å²) in [6.07, 6.45) is -25.1. The van der Waals surface area contributed by atoms with Crippen LogP contribution < -0.4 is 0 Å². The summed E-state index contributed by atoms with van der Waals surface area (Å²) in [5.74, 6) is -135. The third-order valence-electron chi connectivity index (χ3n) is 9.32. The number of alkyl halides is 39. The third-order valence-corrected chi connectivity index (χ3v) is 22.8. The van der Waals surface area contributed by atoms with E-state index in [-0.39, 0.29) is 0 Å². The Balaban J connectivity index is 8.80. The maximum atomic E-state index is 15.2. The fraction of sp³-hybridized carbons (Fsp3) is 1.00. The van der Waals surface area contributed by atoms with Crippen molar-refractivity contribution in [1.29, 1.82) is 0 Å². The molecule has 0 saturated heterocycles. The predicted molar refractivity (Wildman–Crippen MR) is 128 cm³/mol. The van der Waals surface area contributed by atoms with Crippen LogP contribution in [-0.2, 0) is 0 Å². The normalized spacial score (nSPS) is 18.8. The molecule has 40 heteroatoms. The summed E-state index contributed by atoms with van der Waals surface area (Å²) in [4.78, 5) is 0. The summed E-state index contributed by atoms with van der Waals surface area (Å²) >= 11 is -9.59. The number of hydrogen-bond donors (Lipinski definition) is 0. The topological polar surface area (TPSA) is 0 Å². The van der Waals surface area contributed by atoms with Gasteiger partial charge in [0, 0.05) is 0 Å². The Bertz CT molecular complexity index is 1450. The van der Waals surface area contributed by atoms with Crippen molar-refractivity contribution >= 4 is 19.8 Å². The van der Waals surface area contributed by atoms with Gasteiger partial charge in [-0.3, -0.25) is 0 Å². The fourth-order valence-corrected chi connectivity index (χ4v) is 18.6. The van der Waals surface area contributed by atoms with Gasteiger partial charge in [0.15, 0.2) is 0 Å². The Morgan fingerprint density at radius 3 is 0.406 bits per heavy atom. The van der Waals surface area contributed by atoms with Gasteiger partial charge in [0.05, 0.1) is 0 Å². The van der Waals surface area contributed by atoms with E-state index in [1.54, 1.807) is 0 Å². The van der Waals surface area contributed by atoms with Crippen molar-refractivity contribution in [2.24, 2.45) is 0 Å². The van der Waals surface area contributed by atoms with Gasteiger partial charge in [-0.05, 0) is 0 Å². The summed E-state index contributed by atoms with van der Waals surface area (Å²) in [5, 5.41) is 0. The number of hydrogen-bond acceptors (Lipinski definition) is 0. The molecule has 0 spiro atoms. The molecule has 0 saturated carbocycles. The van der Waals surface area contributed by atoms with Gasteiger partial charge in [0.2, 0.25) is 0 Å². The first-order valence-corrected chi connectivity index (χ1v) is 20.4. The van der Waals surface area contributed by atoms with Crippen LogP contribution >= 0.6 is 0 Å². The van der Waals surface area contributed by atoms with Crippen molar-refractivity contribution in [3.63, 3.8) is 0 Å². The summed E-state index contributed by atoms with van der Waals surface area (Å²) in [6, 6.07) is 0. The van der Waals surface area contributed by atoms with Gasteiger partial charge >= 0.3 is 331 Å². The predicted octanol–water partition coefficient (Wildman–Crippen LogP) is 14.6. The molecule has 0 aromatic heterocycles. The average Bonchev–Trinajstić information content (AvgIpc) is 3.05. The van der Waals surface area contributed by atoms with E-state index in [4.69, 9.17) is 0 Å². The number of halogens is 39. The van der Waals surface area contributed by atoms with Gasteiger partial charge < -0.3 is 0 Å². The van der Waals surface area contributed by atoms with Crippen molar-refractivity contribution in [1.82, 2.24) is 0 Å². The molecule has 0 bridgehead atoms. The first-order chi connectivity index (χ1) is 26.8. The zero-order valence-electron chi connectivity index (χ0n) is 29.1. The van der Waals surface area contributed by atoms with Crippen LogP contribution in [0.3, 0.4) is 0 Å². The molecule has 0 fully saturated rings. The van der Waals surface area contributed by atoms with Gasteiger partial charge in [0.25, 0.3) is 0 Å². The molecule has 0 heterocycles. The molecule has 0 N–H and O–H groups in total. The van der Waals surface area contributed by atoms with Crippen molar-refractivity contribution in [3.8, 4) is 0 Å². The van der Waals surface area contributed by atoms with E-state index >= 15 is 26.3 Å². The Morgan fingerprint density at radius 1 is 0.188 bits per heavy atom. The van der Waals surface area contributed by atoms with Crippen molar-refractivity contribution in [2.45, 2.75) is 140 Å². The number of rotatable bonds is 18. The summed E-state index contributed by atoms with van der Waals surface area (Å²) in [5.41, 5.74) is 0. The average molecular weight is 1160 g/mol. The van der Waals surface area contributed by atoms with Gasteiger partial charge in [-0.25, -0.2) is 0 Å². The van der Waals surface area contributed by atoms with Gasteiger partial charge in [-0.15, -0.1) is 0 Å². The Morgan fingerprint density at radius 2 is 0.297 bits per heavy atom. The molecule has 0 nitrogen and oxygen atoms in total. The van der Waals surface area contributed by atoms with Gasteiger partial charge in [0.1, 0.15) is 0 Å². The molecule has 0 aromatic rings. The molecular formula is C24H13F39Sn. The first kappa shape index (κ1) is 62.1. The van der Waals surface area contributed by atoms with Crippen molar-refractivity contribution in [2.75, 3.05) is 0 Å². The zero-order chi connectivity index (χ0) is 53.3. The summed E-state index contributed by atoms with van der Waals surface area (Å²) < 4.78 is 520. The molecule has 64 heavy (non-hydrogen) atoms. The second-order valence-electron chi connectivity index (χ2n) is 13.2. The zero-order valence-corrected chi connectivity index (χ0v) is 32.3. The van der Waals surface area contributed by atoms with Crippen LogP contribution in [0.25, 0.3) is 0 Å². The molecule has 0 rings (SSSR count). The van der Waals surface area contributed by atoms with E-state index < -0.39 is 160 Å². The standard InChI is InChI=1S/3C8H4F13.Sn.H/c3*1-2-3(9,10)4(11,12)5(13,14)6(15,16)7(17,18)8(19,20)21;;/h3*2H,1H3;;. The second-order valence-corrected chi connectivity index (χ2v) is 25.1. The van der Waals surface area contributed by atoms with Crippen LogP contribution in [0.5, 0.6) is 0 Å². The van der Waals surface area contributed by atoms with Gasteiger partial charge in [-0.1, -0.05) is 0 Å². The SMILES string of the molecule is C[CH]([SnH]([CH](C)C(F)(F)C(F)(F)C(F)(F)C(F)(F)C(F)(F)C(F)(F)F)[CH](C)C(F)(F)C(F)(F)C(F)(F)C(F)(F)C(F)(F)C(F)(F)F)C(F)(F)C(F)(F)C(F)(F)C(F)(F)C(F)(F)C(F)(F)F. The fourth-order valence-electron chi connectivity index (χ4n) is 5.23. The molecular weight excluding hydrogens is 1150 g/mol. The Kier molecular flexibility index (Phi) is 15.3. The van der Waals surface area contributed by atoms with E-state index in [1.807, 2.05) is 0 Å². The third kappa shape index (κ3) is 7.88. The minimum absolute atomic E-state index is 1.77. The Hall–Kier alpha value is -1.93. The van der Waals surface area contributed by atoms with Crippen molar-refractivity contribution in [3.05, 3.63) is 0 Å². The minimum atomic E-state index is -9.59. The molecule has 0 amide bonds. The van der Waals surface area contributed by atoms with Crippen LogP contribution in [-0.4, -0.2) is 127 Å². The van der Waals surface area contributed by atoms with E-state index in [1.165, 1.54) is 0 Å². The van der Waals surface area contributed by atoms with E-state index in [2.05, 4.69) is 0 Å². The van der Waals surface area contributed by atoms with Crippen LogP contribution in [0.2, 0.25) is 11.8 Å². The monoisotopic (exact) mass is 1160 g/mol. The molecule has 0 aromatic carbocycles. The maximum absolute atomic E-state index is 15.2. The Labute approximate surface area is 331 Å². The quantitative estimate of drug-likeness (QED) is 0.0948. The summed E-state index contributed by atoms with van der Waals surface area (Å²) in [7, 11) is 0. The van der Waals surface area contributed by atoms with Crippen LogP contribution in [0.4, 0.5) is 171 Å². The summed E-state index contributed by atoms with van der Waals surface area (Å²) in [6.45, 7) is -5.31. The molecule has 386 valence electrons. The molecule has 0 aliphatic carbocycles. The van der Waals surface area contributed by atoms with Crippen molar-refractivity contribution < 1.29 is 171 Å². The first-order valence-electron chi connectivity index (χ1n) is 14.7. The van der Waals surface area contributed by atoms with Crippen LogP contribution in [0.15, 0.2) is 0 Å². The second kappa shape index (κ2) is 15.8. The van der Waals surface area contributed by atoms with E-state index in [0.717, 1.165) is 0 Å². The van der Waals surface area contributed by atoms with E-state index in [0.29, 0.717) is 0 Å². The van der Waals surface area contributed by atoms with Crippen LogP contribution in [0, 0.1) is 0 Å². The molecule has 3 atom stereocenters. The van der Waals surface area contributed by atoms with Crippen LogP contribution in [0.1, 0.15) is 20.8 Å². The van der Waals surface area contributed by atoms with Gasteiger partial charge in [-0.2, -0.15) is 0 Å². The van der Waals surface area contributed by atoms with E-state index in [9.17, 15) is 145 Å².